The summed E-state index contributed by atoms with van der Waals surface area (Å²) < 4.78 is 43.0. The Hall–Kier alpha value is -1.68. The van der Waals surface area contributed by atoms with E-state index in [9.17, 15) is 12.8 Å². The van der Waals surface area contributed by atoms with Gasteiger partial charge in [0.2, 0.25) is 10.0 Å². The van der Waals surface area contributed by atoms with Crippen LogP contribution in [0.25, 0.3) is 0 Å². The third-order valence-corrected chi connectivity index (χ3v) is 7.63. The van der Waals surface area contributed by atoms with E-state index < -0.39 is 27.9 Å². The Morgan fingerprint density at radius 2 is 2.04 bits per heavy atom. The van der Waals surface area contributed by atoms with Gasteiger partial charge in [-0.15, -0.1) is 0 Å². The lowest BCUT2D eigenvalue weighted by Gasteiger charge is -2.17. The number of oxime groups is 1. The smallest absolute Gasteiger partial charge is 0.248 e. The largest absolute Gasteiger partial charge is 0.390 e. The van der Waals surface area contributed by atoms with Gasteiger partial charge >= 0.3 is 0 Å². The molecule has 0 N–H and O–H groups in total. The predicted molar refractivity (Wildman–Crippen MR) is 98.0 cm³/mol. The van der Waals surface area contributed by atoms with Crippen LogP contribution in [0.2, 0.25) is 10.2 Å². The Morgan fingerprint density at radius 3 is 2.67 bits per heavy atom. The number of aryl methyl sites for hydroxylation is 2. The number of aromatic nitrogens is 2. The highest BCUT2D eigenvalue weighted by Gasteiger charge is 2.48. The van der Waals surface area contributed by atoms with Crippen LogP contribution in [-0.4, -0.2) is 47.4 Å². The first-order valence-corrected chi connectivity index (χ1v) is 10.3. The van der Waals surface area contributed by atoms with Crippen molar-refractivity contribution in [3.05, 3.63) is 45.4 Å². The van der Waals surface area contributed by atoms with Gasteiger partial charge in [0.25, 0.3) is 0 Å². The summed E-state index contributed by atoms with van der Waals surface area (Å²) in [5.41, 5.74) is 0.767. The zero-order valence-corrected chi connectivity index (χ0v) is 16.7. The van der Waals surface area contributed by atoms with Gasteiger partial charge in [-0.1, -0.05) is 34.4 Å². The van der Waals surface area contributed by atoms with Gasteiger partial charge < -0.3 is 4.84 Å². The quantitative estimate of drug-likeness (QED) is 0.746. The predicted octanol–water partition coefficient (Wildman–Crippen LogP) is 2.60. The summed E-state index contributed by atoms with van der Waals surface area (Å²) in [5, 5.41) is 8.27. The van der Waals surface area contributed by atoms with Gasteiger partial charge in [-0.05, 0) is 19.1 Å². The second-order valence-electron chi connectivity index (χ2n) is 6.47. The molecule has 0 bridgehead atoms. The Balaban J connectivity index is 1.67. The maximum Gasteiger partial charge on any atom is 0.248 e. The fourth-order valence-corrected chi connectivity index (χ4v) is 5.95. The van der Waals surface area contributed by atoms with Crippen molar-refractivity contribution in [2.75, 3.05) is 13.1 Å². The summed E-state index contributed by atoms with van der Waals surface area (Å²) in [6.07, 6.45) is -0.513. The number of hydrogen-bond acceptors (Lipinski definition) is 5. The topological polar surface area (TPSA) is 76.8 Å². The zero-order valence-electron chi connectivity index (χ0n) is 14.4. The Morgan fingerprint density at radius 1 is 1.30 bits per heavy atom. The van der Waals surface area contributed by atoms with Gasteiger partial charge in [-0.25, -0.2) is 12.8 Å². The van der Waals surface area contributed by atoms with Crippen LogP contribution in [0, 0.1) is 18.7 Å². The molecule has 2 unspecified atom stereocenters. The number of nitrogens with zero attached hydrogens (tertiary/aromatic N) is 4. The molecule has 2 aromatic rings. The molecule has 7 nitrogen and oxygen atoms in total. The highest BCUT2D eigenvalue weighted by Crippen LogP contribution is 2.37. The van der Waals surface area contributed by atoms with Gasteiger partial charge in [0.15, 0.2) is 6.10 Å². The maximum atomic E-state index is 14.3. The fraction of sp³-hybridized carbons (Fsp3) is 0.375. The first-order valence-electron chi connectivity index (χ1n) is 8.09. The number of benzene rings is 1. The van der Waals surface area contributed by atoms with Gasteiger partial charge in [0.05, 0.1) is 34.5 Å². The third-order valence-electron chi connectivity index (χ3n) is 4.79. The van der Waals surface area contributed by atoms with E-state index in [1.54, 1.807) is 20.0 Å². The minimum atomic E-state index is -3.89. The fourth-order valence-electron chi connectivity index (χ4n) is 3.50. The van der Waals surface area contributed by atoms with Gasteiger partial charge in [-0.3, -0.25) is 4.68 Å². The minimum Gasteiger partial charge on any atom is -0.390 e. The molecule has 3 heterocycles. The SMILES string of the molecule is Cc1nn(C)c(Cl)c1S(=O)(=O)N1CC2ON=C(c3c(F)cccc3Cl)C2C1. The molecular formula is C16H15Cl2FN4O3S. The summed E-state index contributed by atoms with van der Waals surface area (Å²) in [4.78, 5) is 5.35. The molecule has 2 aliphatic heterocycles. The Kier molecular flexibility index (Phi) is 4.45. The van der Waals surface area contributed by atoms with Crippen LogP contribution in [0.1, 0.15) is 11.3 Å². The summed E-state index contributed by atoms with van der Waals surface area (Å²) in [6.45, 7) is 1.75. The van der Waals surface area contributed by atoms with Crippen molar-refractivity contribution < 1.29 is 17.6 Å². The third kappa shape index (κ3) is 2.84. The summed E-state index contributed by atoms with van der Waals surface area (Å²) in [7, 11) is -2.32. The van der Waals surface area contributed by atoms with Gasteiger partial charge in [0, 0.05) is 13.6 Å². The molecule has 1 aromatic carbocycles. The van der Waals surface area contributed by atoms with Crippen molar-refractivity contribution in [2.45, 2.75) is 17.9 Å². The van der Waals surface area contributed by atoms with Crippen LogP contribution < -0.4 is 0 Å². The van der Waals surface area contributed by atoms with E-state index in [2.05, 4.69) is 10.3 Å². The number of hydrogen-bond donors (Lipinski definition) is 0. The van der Waals surface area contributed by atoms with Gasteiger partial charge in [0.1, 0.15) is 15.9 Å². The average molecular weight is 433 g/mol. The van der Waals surface area contributed by atoms with E-state index in [1.165, 1.54) is 21.1 Å². The Labute approximate surface area is 165 Å². The number of fused-ring (bicyclic) bond motifs is 1. The van der Waals surface area contributed by atoms with Gasteiger partial charge in [-0.2, -0.15) is 9.40 Å². The molecule has 2 aliphatic rings. The first kappa shape index (κ1) is 18.7. The molecule has 2 atom stereocenters. The minimum absolute atomic E-state index is 0.0333. The highest BCUT2D eigenvalue weighted by atomic mass is 35.5. The summed E-state index contributed by atoms with van der Waals surface area (Å²) >= 11 is 12.3. The highest BCUT2D eigenvalue weighted by molar-refractivity contribution is 7.89. The number of sulfonamides is 1. The van der Waals surface area contributed by atoms with Crippen molar-refractivity contribution in [1.29, 1.82) is 0 Å². The van der Waals surface area contributed by atoms with Crippen LogP contribution in [0.5, 0.6) is 0 Å². The van der Waals surface area contributed by atoms with Crippen molar-refractivity contribution in [1.82, 2.24) is 14.1 Å². The maximum absolute atomic E-state index is 14.3. The van der Waals surface area contributed by atoms with E-state index in [1.807, 2.05) is 0 Å². The van der Waals surface area contributed by atoms with E-state index in [0.29, 0.717) is 11.4 Å². The van der Waals surface area contributed by atoms with E-state index in [0.717, 1.165) is 0 Å². The Bertz CT molecular complexity index is 1050. The lowest BCUT2D eigenvalue weighted by molar-refractivity contribution is 0.0803. The molecule has 0 saturated carbocycles. The average Bonchev–Trinajstić information content (AvgIpc) is 3.22. The van der Waals surface area contributed by atoms with Crippen LogP contribution >= 0.6 is 23.2 Å². The van der Waals surface area contributed by atoms with Crippen molar-refractivity contribution >= 4 is 38.9 Å². The zero-order chi connectivity index (χ0) is 19.5. The lowest BCUT2D eigenvalue weighted by Crippen LogP contribution is -2.31. The molecular weight excluding hydrogens is 418 g/mol. The molecule has 0 radical (unpaired) electrons. The second-order valence-corrected chi connectivity index (χ2v) is 9.11. The summed E-state index contributed by atoms with van der Waals surface area (Å²) in [6, 6.07) is 4.32. The van der Waals surface area contributed by atoms with Crippen LogP contribution in [0.15, 0.2) is 28.3 Å². The van der Waals surface area contributed by atoms with Crippen molar-refractivity contribution in [2.24, 2.45) is 18.1 Å². The van der Waals surface area contributed by atoms with Crippen molar-refractivity contribution in [3.63, 3.8) is 0 Å². The molecule has 144 valence electrons. The van der Waals surface area contributed by atoms with Crippen molar-refractivity contribution in [3.8, 4) is 0 Å². The van der Waals surface area contributed by atoms with E-state index in [4.69, 9.17) is 28.0 Å². The second kappa shape index (κ2) is 6.44. The number of halogens is 3. The molecule has 11 heteroatoms. The van der Waals surface area contributed by atoms with E-state index >= 15 is 0 Å². The molecule has 0 aliphatic carbocycles. The molecule has 0 spiro atoms. The molecule has 4 rings (SSSR count). The summed E-state index contributed by atoms with van der Waals surface area (Å²) in [5.74, 6) is -0.956. The lowest BCUT2D eigenvalue weighted by atomic mass is 9.94. The normalized spacial score (nSPS) is 22.6. The van der Waals surface area contributed by atoms with E-state index in [-0.39, 0.29) is 33.7 Å². The molecule has 1 saturated heterocycles. The number of rotatable bonds is 3. The monoisotopic (exact) mass is 432 g/mol. The molecule has 1 aromatic heterocycles. The standard InChI is InChI=1S/C16H15Cl2FN4O3S/c1-8-15(16(18)22(2)20-8)27(24,25)23-6-9-12(7-23)26-21-14(9)13-10(17)4-3-5-11(13)19/h3-5,9,12H,6-7H2,1-2H3. The van der Waals surface area contributed by atoms with Crippen LogP contribution in [0.3, 0.4) is 0 Å². The van der Waals surface area contributed by atoms with Crippen LogP contribution in [0.4, 0.5) is 4.39 Å². The van der Waals surface area contributed by atoms with Crippen LogP contribution in [-0.2, 0) is 21.9 Å². The molecule has 0 amide bonds. The first-order chi connectivity index (χ1) is 12.7. The molecule has 27 heavy (non-hydrogen) atoms. The molecule has 1 fully saturated rings.